The third kappa shape index (κ3) is 4.11. The van der Waals surface area contributed by atoms with Crippen molar-refractivity contribution in [2.75, 3.05) is 19.1 Å². The fourth-order valence-corrected chi connectivity index (χ4v) is 2.97. The van der Waals surface area contributed by atoms with Gasteiger partial charge in [0.2, 0.25) is 0 Å². The highest BCUT2D eigenvalue weighted by Crippen LogP contribution is 2.30. The van der Waals surface area contributed by atoms with Crippen LogP contribution in [-0.2, 0) is 19.1 Å². The lowest BCUT2D eigenvalue weighted by molar-refractivity contribution is -0.139. The maximum atomic E-state index is 14.0. The summed E-state index contributed by atoms with van der Waals surface area (Å²) >= 11 is 0. The zero-order valence-electron chi connectivity index (χ0n) is 16.3. The molecule has 29 heavy (non-hydrogen) atoms. The molecule has 6 heteroatoms. The molecule has 0 spiro atoms. The number of carbonyl (C=O) groups excluding carboxylic acids is 2. The second kappa shape index (κ2) is 8.56. The van der Waals surface area contributed by atoms with Crippen molar-refractivity contribution in [3.8, 4) is 11.1 Å². The molecule has 3 rings (SSSR count). The first-order valence-electron chi connectivity index (χ1n) is 8.88. The fourth-order valence-electron chi connectivity index (χ4n) is 2.97. The molecular weight excluding hydrogens is 373 g/mol. The summed E-state index contributed by atoms with van der Waals surface area (Å²) in [6.07, 6.45) is 6.47. The van der Waals surface area contributed by atoms with Gasteiger partial charge in [0.15, 0.2) is 0 Å². The van der Waals surface area contributed by atoms with E-state index in [1.807, 2.05) is 12.1 Å². The molecule has 1 aliphatic heterocycles. The molecule has 0 saturated carbocycles. The molecule has 0 bridgehead atoms. The first-order chi connectivity index (χ1) is 14.0. The summed E-state index contributed by atoms with van der Waals surface area (Å²) in [4.78, 5) is 26.3. The van der Waals surface area contributed by atoms with Crippen LogP contribution in [0.15, 0.2) is 78.2 Å². The van der Waals surface area contributed by atoms with Gasteiger partial charge in [-0.15, -0.1) is 0 Å². The van der Waals surface area contributed by atoms with Crippen LogP contribution in [0.25, 0.3) is 11.1 Å². The van der Waals surface area contributed by atoms with E-state index in [4.69, 9.17) is 9.47 Å². The number of rotatable bonds is 4. The summed E-state index contributed by atoms with van der Waals surface area (Å²) in [7, 11) is 2.49. The molecule has 0 saturated heterocycles. The normalized spacial score (nSPS) is 13.3. The first kappa shape index (κ1) is 20.1. The number of aryl methyl sites for hydroxylation is 1. The Morgan fingerprint density at radius 2 is 1.66 bits per heavy atom. The summed E-state index contributed by atoms with van der Waals surface area (Å²) in [5, 5.41) is 0. The van der Waals surface area contributed by atoms with Gasteiger partial charge in [-0.2, -0.15) is 0 Å². The van der Waals surface area contributed by atoms with Crippen molar-refractivity contribution in [3.05, 3.63) is 89.5 Å². The molecule has 0 radical (unpaired) electrons. The van der Waals surface area contributed by atoms with E-state index in [9.17, 15) is 14.0 Å². The molecule has 0 N–H and O–H groups in total. The number of hydrogen-bond acceptors (Lipinski definition) is 5. The van der Waals surface area contributed by atoms with Crippen molar-refractivity contribution in [1.82, 2.24) is 0 Å². The number of halogens is 1. The summed E-state index contributed by atoms with van der Waals surface area (Å²) < 4.78 is 23.7. The van der Waals surface area contributed by atoms with Gasteiger partial charge in [-0.1, -0.05) is 30.3 Å². The molecule has 1 aliphatic rings. The van der Waals surface area contributed by atoms with Crippen LogP contribution < -0.4 is 4.90 Å². The molecule has 5 nitrogen and oxygen atoms in total. The second-order valence-electron chi connectivity index (χ2n) is 6.33. The maximum absolute atomic E-state index is 14.0. The van der Waals surface area contributed by atoms with Crippen LogP contribution in [0.5, 0.6) is 0 Å². The van der Waals surface area contributed by atoms with Gasteiger partial charge in [0.05, 0.1) is 19.8 Å². The lowest BCUT2D eigenvalue weighted by Gasteiger charge is -2.23. The van der Waals surface area contributed by atoms with Gasteiger partial charge in [0.1, 0.15) is 11.5 Å². The van der Waals surface area contributed by atoms with E-state index >= 15 is 0 Å². The highest BCUT2D eigenvalue weighted by atomic mass is 19.1. The molecule has 0 amide bonds. The number of hydrogen-bond donors (Lipinski definition) is 0. The zero-order chi connectivity index (χ0) is 21.0. The van der Waals surface area contributed by atoms with Crippen LogP contribution in [0.4, 0.5) is 10.1 Å². The zero-order valence-corrected chi connectivity index (χ0v) is 16.3. The van der Waals surface area contributed by atoms with Gasteiger partial charge < -0.3 is 14.4 Å². The Morgan fingerprint density at radius 3 is 2.34 bits per heavy atom. The van der Waals surface area contributed by atoms with Crippen LogP contribution in [0.1, 0.15) is 5.56 Å². The van der Waals surface area contributed by atoms with Gasteiger partial charge in [-0.25, -0.2) is 14.0 Å². The monoisotopic (exact) mass is 393 g/mol. The van der Waals surface area contributed by atoms with Crippen LogP contribution >= 0.6 is 0 Å². The van der Waals surface area contributed by atoms with E-state index in [0.717, 1.165) is 5.56 Å². The molecule has 0 atom stereocenters. The molecule has 0 unspecified atom stereocenters. The van der Waals surface area contributed by atoms with Crippen LogP contribution in [0.3, 0.4) is 0 Å². The number of anilines is 1. The van der Waals surface area contributed by atoms with Gasteiger partial charge in [-0.3, -0.25) is 0 Å². The number of carbonyl (C=O) groups is 2. The number of ether oxygens (including phenoxy) is 2. The molecule has 2 aromatic rings. The van der Waals surface area contributed by atoms with Crippen LogP contribution in [0, 0.1) is 12.7 Å². The van der Waals surface area contributed by atoms with Gasteiger partial charge in [0, 0.05) is 11.9 Å². The summed E-state index contributed by atoms with van der Waals surface area (Å²) in [5.74, 6) is -1.64. The number of methoxy groups -OCH3 is 2. The summed E-state index contributed by atoms with van der Waals surface area (Å²) in [6, 6.07) is 12.2. The third-order valence-corrected chi connectivity index (χ3v) is 4.52. The van der Waals surface area contributed by atoms with Gasteiger partial charge in [-0.05, 0) is 54.0 Å². The minimum absolute atomic E-state index is 0.0246. The average Bonchev–Trinajstić information content (AvgIpc) is 2.97. The smallest absolute Gasteiger partial charge is 0.355 e. The minimum Gasteiger partial charge on any atom is -0.465 e. The first-order valence-corrected chi connectivity index (χ1v) is 8.88. The lowest BCUT2D eigenvalue weighted by atomic mass is 10.0. The fraction of sp³-hybridized carbons (Fsp3) is 0.130. The second-order valence-corrected chi connectivity index (χ2v) is 6.33. The number of benzene rings is 2. The molecule has 0 fully saturated rings. The van der Waals surface area contributed by atoms with Gasteiger partial charge >= 0.3 is 11.9 Å². The highest BCUT2D eigenvalue weighted by Gasteiger charge is 2.27. The van der Waals surface area contributed by atoms with E-state index in [0.29, 0.717) is 16.8 Å². The van der Waals surface area contributed by atoms with E-state index in [-0.39, 0.29) is 17.1 Å². The Labute approximate surface area is 168 Å². The van der Waals surface area contributed by atoms with Crippen molar-refractivity contribution in [1.29, 1.82) is 0 Å². The predicted octanol–water partition coefficient (Wildman–Crippen LogP) is 4.29. The van der Waals surface area contributed by atoms with Crippen molar-refractivity contribution < 1.29 is 23.5 Å². The highest BCUT2D eigenvalue weighted by molar-refractivity contribution is 6.05. The van der Waals surface area contributed by atoms with Gasteiger partial charge in [0.25, 0.3) is 0 Å². The minimum atomic E-state index is -0.687. The van der Waals surface area contributed by atoms with Crippen LogP contribution in [-0.4, -0.2) is 26.2 Å². The molecule has 0 aromatic heterocycles. The Hall–Kier alpha value is -3.67. The van der Waals surface area contributed by atoms with Crippen molar-refractivity contribution in [2.24, 2.45) is 0 Å². The average molecular weight is 393 g/mol. The predicted molar refractivity (Wildman–Crippen MR) is 108 cm³/mol. The topological polar surface area (TPSA) is 55.8 Å². The van der Waals surface area contributed by atoms with E-state index in [1.54, 1.807) is 54.4 Å². The summed E-state index contributed by atoms with van der Waals surface area (Å²) in [5.41, 5.74) is 2.71. The number of esters is 2. The Bertz CT molecular complexity index is 1050. The lowest BCUT2D eigenvalue weighted by Crippen LogP contribution is -2.26. The standard InChI is InChI=1S/C23H20FNO4/c1-15-10-11-17(14-20(15)24)16-7-6-8-18(13-16)25-12-5-4-9-19(22(26)28-2)21(25)23(27)29-3/h4-14H,1-3H3. The van der Waals surface area contributed by atoms with E-state index in [1.165, 1.54) is 26.4 Å². The largest absolute Gasteiger partial charge is 0.465 e. The molecule has 0 aliphatic carbocycles. The van der Waals surface area contributed by atoms with Crippen molar-refractivity contribution >= 4 is 17.6 Å². The number of nitrogens with zero attached hydrogens (tertiary/aromatic N) is 1. The third-order valence-electron chi connectivity index (χ3n) is 4.52. The van der Waals surface area contributed by atoms with E-state index < -0.39 is 11.9 Å². The quantitative estimate of drug-likeness (QED) is 0.726. The summed E-state index contributed by atoms with van der Waals surface area (Å²) in [6.45, 7) is 1.70. The van der Waals surface area contributed by atoms with Crippen molar-refractivity contribution in [2.45, 2.75) is 6.92 Å². The van der Waals surface area contributed by atoms with Crippen LogP contribution in [0.2, 0.25) is 0 Å². The SMILES string of the molecule is COC(=O)C1=C(C(=O)OC)N(c2cccc(-c3ccc(C)c(F)c3)c2)C=CC=C1. The number of allylic oxidation sites excluding steroid dienone is 2. The maximum Gasteiger partial charge on any atom is 0.355 e. The molecular formula is C23H20FNO4. The molecule has 2 aromatic carbocycles. The Kier molecular flexibility index (Phi) is 5.93. The Balaban J connectivity index is 2.13. The van der Waals surface area contributed by atoms with Crippen molar-refractivity contribution in [3.63, 3.8) is 0 Å². The van der Waals surface area contributed by atoms with E-state index in [2.05, 4.69) is 0 Å². The molecule has 1 heterocycles. The molecule has 148 valence electrons. The Morgan fingerprint density at radius 1 is 0.931 bits per heavy atom.